The van der Waals surface area contributed by atoms with Crippen LogP contribution in [0, 0.1) is 17.8 Å². The van der Waals surface area contributed by atoms with Gasteiger partial charge in [0.2, 0.25) is 0 Å². The minimum Gasteiger partial charge on any atom is -0.393 e. The smallest absolute Gasteiger partial charge is 0.317 e. The van der Waals surface area contributed by atoms with E-state index in [0.29, 0.717) is 12.8 Å². The molecule has 0 aliphatic heterocycles. The first-order chi connectivity index (χ1) is 7.93. The maximum Gasteiger partial charge on any atom is 0.317 e. The first-order valence-electron chi connectivity index (χ1n) is 5.91. The summed E-state index contributed by atoms with van der Waals surface area (Å²) in [6.45, 7) is 12.7. The molecule has 0 N–H and O–H groups in total. The van der Waals surface area contributed by atoms with E-state index in [4.69, 9.17) is 4.74 Å². The van der Waals surface area contributed by atoms with E-state index in [0.717, 1.165) is 0 Å². The zero-order chi connectivity index (χ0) is 13.4. The summed E-state index contributed by atoms with van der Waals surface area (Å²) in [5.74, 6) is -1.44. The van der Waals surface area contributed by atoms with Crippen LogP contribution in [0.15, 0.2) is 25.3 Å². The van der Waals surface area contributed by atoms with E-state index < -0.39 is 11.9 Å². The Bertz CT molecular complexity index is 292. The number of ether oxygens (including phenoxy) is 1. The van der Waals surface area contributed by atoms with Gasteiger partial charge in [-0.2, -0.15) is 0 Å². The molecule has 17 heavy (non-hydrogen) atoms. The van der Waals surface area contributed by atoms with Crippen molar-refractivity contribution in [1.82, 2.24) is 0 Å². The number of carbonyl (C=O) groups excluding carboxylic acids is 2. The normalized spacial score (nSPS) is 13.9. The molecule has 3 nitrogen and oxygen atoms in total. The fraction of sp³-hybridized carbons (Fsp3) is 0.571. The van der Waals surface area contributed by atoms with E-state index in [1.54, 1.807) is 19.1 Å². The molecule has 0 spiro atoms. The SMILES string of the molecule is C=CC[C@@H](C)C(=O)OC(=O)[C@@H](CC=C)C(C)C. The summed E-state index contributed by atoms with van der Waals surface area (Å²) in [7, 11) is 0. The average Bonchev–Trinajstić information content (AvgIpc) is 2.25. The quantitative estimate of drug-likeness (QED) is 0.389. The summed E-state index contributed by atoms with van der Waals surface area (Å²) in [5.41, 5.74) is 0. The molecule has 3 heteroatoms. The van der Waals surface area contributed by atoms with Crippen molar-refractivity contribution in [3.63, 3.8) is 0 Å². The molecule has 0 saturated heterocycles. The van der Waals surface area contributed by atoms with E-state index in [9.17, 15) is 9.59 Å². The summed E-state index contributed by atoms with van der Waals surface area (Å²) >= 11 is 0. The van der Waals surface area contributed by atoms with Crippen molar-refractivity contribution in [2.45, 2.75) is 33.6 Å². The van der Waals surface area contributed by atoms with Gasteiger partial charge in [-0.1, -0.05) is 32.9 Å². The Morgan fingerprint density at radius 1 is 1.06 bits per heavy atom. The third kappa shape index (κ3) is 5.48. The summed E-state index contributed by atoms with van der Waals surface area (Å²) in [5, 5.41) is 0. The van der Waals surface area contributed by atoms with E-state index in [-0.39, 0.29) is 17.8 Å². The third-order valence-electron chi connectivity index (χ3n) is 2.65. The molecule has 0 heterocycles. The molecule has 2 atom stereocenters. The van der Waals surface area contributed by atoms with E-state index in [1.807, 2.05) is 13.8 Å². The van der Waals surface area contributed by atoms with Gasteiger partial charge in [0.15, 0.2) is 0 Å². The molecule has 0 unspecified atom stereocenters. The Hall–Kier alpha value is -1.38. The molecular weight excluding hydrogens is 216 g/mol. The van der Waals surface area contributed by atoms with Crippen molar-refractivity contribution in [3.05, 3.63) is 25.3 Å². The number of carbonyl (C=O) groups is 2. The second-order valence-corrected chi connectivity index (χ2v) is 4.54. The summed E-state index contributed by atoms with van der Waals surface area (Å²) in [4.78, 5) is 23.3. The first kappa shape index (κ1) is 15.6. The van der Waals surface area contributed by atoms with Crippen LogP contribution < -0.4 is 0 Å². The van der Waals surface area contributed by atoms with Crippen LogP contribution in [0.1, 0.15) is 33.6 Å². The minimum absolute atomic E-state index is 0.128. The van der Waals surface area contributed by atoms with E-state index in [2.05, 4.69) is 13.2 Å². The standard InChI is InChI=1S/C14H22O3/c1-6-8-11(5)13(15)17-14(16)12(9-7-2)10(3)4/h6-7,10-12H,1-2,8-9H2,3-5H3/t11-,12+/m1/s1. The summed E-state index contributed by atoms with van der Waals surface area (Å²) in [6, 6.07) is 0. The molecule has 0 bridgehead atoms. The fourth-order valence-corrected chi connectivity index (χ4v) is 1.44. The second kappa shape index (κ2) is 7.82. The highest BCUT2D eigenvalue weighted by Gasteiger charge is 2.26. The topological polar surface area (TPSA) is 43.4 Å². The molecule has 0 aliphatic rings. The van der Waals surface area contributed by atoms with Crippen LogP contribution in [0.2, 0.25) is 0 Å². The summed E-state index contributed by atoms with van der Waals surface area (Å²) < 4.78 is 4.87. The molecule has 0 aliphatic carbocycles. The van der Waals surface area contributed by atoms with Crippen molar-refractivity contribution in [2.24, 2.45) is 17.8 Å². The van der Waals surface area contributed by atoms with Crippen LogP contribution in [0.3, 0.4) is 0 Å². The van der Waals surface area contributed by atoms with Crippen molar-refractivity contribution >= 4 is 11.9 Å². The number of hydrogen-bond acceptors (Lipinski definition) is 3. The molecule has 0 radical (unpaired) electrons. The highest BCUT2D eigenvalue weighted by Crippen LogP contribution is 2.18. The molecular formula is C14H22O3. The van der Waals surface area contributed by atoms with Crippen LogP contribution in [0.5, 0.6) is 0 Å². The summed E-state index contributed by atoms with van der Waals surface area (Å²) in [6.07, 6.45) is 4.35. The van der Waals surface area contributed by atoms with Gasteiger partial charge in [-0.3, -0.25) is 9.59 Å². The van der Waals surface area contributed by atoms with Gasteiger partial charge in [-0.15, -0.1) is 13.2 Å². The predicted octanol–water partition coefficient (Wildman–Crippen LogP) is 3.12. The Kier molecular flexibility index (Phi) is 7.19. The van der Waals surface area contributed by atoms with Gasteiger partial charge < -0.3 is 4.74 Å². The lowest BCUT2D eigenvalue weighted by molar-refractivity contribution is -0.166. The van der Waals surface area contributed by atoms with Crippen LogP contribution in [-0.2, 0) is 14.3 Å². The Morgan fingerprint density at radius 3 is 2.00 bits per heavy atom. The maximum atomic E-state index is 11.8. The number of allylic oxidation sites excluding steroid dienone is 2. The minimum atomic E-state index is -0.482. The number of rotatable bonds is 7. The molecule has 0 saturated carbocycles. The van der Waals surface area contributed by atoms with E-state index >= 15 is 0 Å². The zero-order valence-corrected chi connectivity index (χ0v) is 10.9. The third-order valence-corrected chi connectivity index (χ3v) is 2.65. The molecule has 96 valence electrons. The van der Waals surface area contributed by atoms with Gasteiger partial charge in [0, 0.05) is 0 Å². The average molecular weight is 238 g/mol. The second-order valence-electron chi connectivity index (χ2n) is 4.54. The predicted molar refractivity (Wildman–Crippen MR) is 68.2 cm³/mol. The highest BCUT2D eigenvalue weighted by atomic mass is 16.6. The van der Waals surface area contributed by atoms with Crippen molar-refractivity contribution in [2.75, 3.05) is 0 Å². The molecule has 0 aromatic heterocycles. The van der Waals surface area contributed by atoms with Gasteiger partial charge in [0.05, 0.1) is 11.8 Å². The van der Waals surface area contributed by atoms with Crippen LogP contribution >= 0.6 is 0 Å². The van der Waals surface area contributed by atoms with Crippen LogP contribution in [-0.4, -0.2) is 11.9 Å². The van der Waals surface area contributed by atoms with Crippen molar-refractivity contribution in [3.8, 4) is 0 Å². The first-order valence-corrected chi connectivity index (χ1v) is 5.91. The lowest BCUT2D eigenvalue weighted by atomic mass is 9.93. The molecule has 0 aromatic carbocycles. The van der Waals surface area contributed by atoms with Gasteiger partial charge in [-0.05, 0) is 18.8 Å². The molecule has 0 aromatic rings. The molecule has 0 rings (SSSR count). The van der Waals surface area contributed by atoms with Crippen molar-refractivity contribution < 1.29 is 14.3 Å². The van der Waals surface area contributed by atoms with Gasteiger partial charge >= 0.3 is 11.9 Å². The number of esters is 2. The maximum absolute atomic E-state index is 11.8. The van der Waals surface area contributed by atoms with Crippen molar-refractivity contribution in [1.29, 1.82) is 0 Å². The fourth-order valence-electron chi connectivity index (χ4n) is 1.44. The molecule has 0 amide bonds. The van der Waals surface area contributed by atoms with Crippen LogP contribution in [0.4, 0.5) is 0 Å². The Balaban J connectivity index is 4.44. The lowest BCUT2D eigenvalue weighted by Crippen LogP contribution is -2.27. The van der Waals surface area contributed by atoms with Gasteiger partial charge in [0.1, 0.15) is 0 Å². The van der Waals surface area contributed by atoms with Crippen LogP contribution in [0.25, 0.3) is 0 Å². The lowest BCUT2D eigenvalue weighted by Gasteiger charge is -2.17. The largest absolute Gasteiger partial charge is 0.393 e. The molecule has 0 fully saturated rings. The monoisotopic (exact) mass is 238 g/mol. The van der Waals surface area contributed by atoms with Gasteiger partial charge in [-0.25, -0.2) is 0 Å². The van der Waals surface area contributed by atoms with Gasteiger partial charge in [0.25, 0.3) is 0 Å². The Labute approximate surface area is 104 Å². The zero-order valence-electron chi connectivity index (χ0n) is 10.9. The highest BCUT2D eigenvalue weighted by molar-refractivity contribution is 5.88. The number of hydrogen-bond donors (Lipinski definition) is 0. The Morgan fingerprint density at radius 2 is 1.59 bits per heavy atom. The van der Waals surface area contributed by atoms with E-state index in [1.165, 1.54) is 0 Å².